The summed E-state index contributed by atoms with van der Waals surface area (Å²) in [7, 11) is 3.81. The van der Waals surface area contributed by atoms with Crippen molar-refractivity contribution >= 4 is 0 Å². The molecule has 18 heavy (non-hydrogen) atoms. The lowest BCUT2D eigenvalue weighted by molar-refractivity contribution is 0.147. The zero-order chi connectivity index (χ0) is 13.0. The first-order valence-electron chi connectivity index (χ1n) is 6.80. The predicted octanol–water partition coefficient (Wildman–Crippen LogP) is 2.44. The van der Waals surface area contributed by atoms with Gasteiger partial charge < -0.3 is 10.1 Å². The number of benzene rings is 1. The lowest BCUT2D eigenvalue weighted by atomic mass is 10.00. The Morgan fingerprint density at radius 2 is 2.17 bits per heavy atom. The van der Waals surface area contributed by atoms with Crippen molar-refractivity contribution in [3.63, 3.8) is 0 Å². The van der Waals surface area contributed by atoms with E-state index in [0.29, 0.717) is 12.1 Å². The fourth-order valence-corrected chi connectivity index (χ4v) is 2.80. The SMILES string of the molecule is CNC1CCCN(C(C)c2ccccc2OC)C1. The topological polar surface area (TPSA) is 24.5 Å². The number of likely N-dealkylation sites (N-methyl/N-ethyl adjacent to an activating group) is 1. The Hall–Kier alpha value is -1.06. The minimum absolute atomic E-state index is 0.414. The van der Waals surface area contributed by atoms with E-state index >= 15 is 0 Å². The van der Waals surface area contributed by atoms with E-state index in [1.807, 2.05) is 12.1 Å². The summed E-state index contributed by atoms with van der Waals surface area (Å²) in [5.74, 6) is 0.997. The van der Waals surface area contributed by atoms with Crippen molar-refractivity contribution in [1.29, 1.82) is 0 Å². The first kappa shape index (κ1) is 13.4. The molecule has 1 fully saturated rings. The van der Waals surface area contributed by atoms with Crippen molar-refractivity contribution in [2.45, 2.75) is 31.8 Å². The molecular formula is C15H24N2O. The molecule has 3 heteroatoms. The molecule has 2 unspecified atom stereocenters. The number of likely N-dealkylation sites (tertiary alicyclic amines) is 1. The Balaban J connectivity index is 2.12. The van der Waals surface area contributed by atoms with Crippen LogP contribution in [0, 0.1) is 0 Å². The van der Waals surface area contributed by atoms with Crippen LogP contribution in [-0.2, 0) is 0 Å². The number of nitrogens with one attached hydrogen (secondary N) is 1. The third-order valence-electron chi connectivity index (χ3n) is 4.00. The summed E-state index contributed by atoms with van der Waals surface area (Å²) in [4.78, 5) is 2.54. The largest absolute Gasteiger partial charge is 0.496 e. The maximum absolute atomic E-state index is 5.47. The van der Waals surface area contributed by atoms with Gasteiger partial charge in [0.25, 0.3) is 0 Å². The molecule has 1 saturated heterocycles. The average molecular weight is 248 g/mol. The minimum Gasteiger partial charge on any atom is -0.496 e. The van der Waals surface area contributed by atoms with Gasteiger partial charge in [0.1, 0.15) is 5.75 Å². The number of rotatable bonds is 4. The van der Waals surface area contributed by atoms with E-state index in [2.05, 4.69) is 36.3 Å². The van der Waals surface area contributed by atoms with Crippen molar-refractivity contribution < 1.29 is 4.74 Å². The molecule has 1 aliphatic heterocycles. The molecule has 0 aromatic heterocycles. The fourth-order valence-electron chi connectivity index (χ4n) is 2.80. The Morgan fingerprint density at radius 1 is 1.39 bits per heavy atom. The summed E-state index contributed by atoms with van der Waals surface area (Å²) in [6.07, 6.45) is 2.55. The molecule has 100 valence electrons. The highest BCUT2D eigenvalue weighted by atomic mass is 16.5. The molecule has 0 spiro atoms. The molecule has 1 aliphatic rings. The second kappa shape index (κ2) is 6.21. The molecule has 3 nitrogen and oxygen atoms in total. The summed E-state index contributed by atoms with van der Waals surface area (Å²) in [6.45, 7) is 4.57. The van der Waals surface area contributed by atoms with Crippen molar-refractivity contribution in [3.05, 3.63) is 29.8 Å². The summed E-state index contributed by atoms with van der Waals surface area (Å²) in [5, 5.41) is 3.40. The highest BCUT2D eigenvalue weighted by molar-refractivity contribution is 5.35. The molecular weight excluding hydrogens is 224 g/mol. The zero-order valence-electron chi connectivity index (χ0n) is 11.6. The Bertz CT molecular complexity index is 381. The van der Waals surface area contributed by atoms with E-state index in [1.54, 1.807) is 7.11 Å². The zero-order valence-corrected chi connectivity index (χ0v) is 11.6. The van der Waals surface area contributed by atoms with Gasteiger partial charge in [0.15, 0.2) is 0 Å². The van der Waals surface area contributed by atoms with Gasteiger partial charge in [-0.05, 0) is 39.4 Å². The van der Waals surface area contributed by atoms with Crippen LogP contribution in [0.25, 0.3) is 0 Å². The average Bonchev–Trinajstić information content (AvgIpc) is 2.46. The first-order chi connectivity index (χ1) is 8.76. The maximum atomic E-state index is 5.47. The second-order valence-corrected chi connectivity index (χ2v) is 5.04. The summed E-state index contributed by atoms with van der Waals surface area (Å²) in [6, 6.07) is 9.38. The van der Waals surface area contributed by atoms with Gasteiger partial charge in [-0.2, -0.15) is 0 Å². The van der Waals surface area contributed by atoms with Crippen LogP contribution in [-0.4, -0.2) is 38.2 Å². The first-order valence-corrected chi connectivity index (χ1v) is 6.80. The number of hydrogen-bond acceptors (Lipinski definition) is 3. The highest BCUT2D eigenvalue weighted by Crippen LogP contribution is 2.30. The quantitative estimate of drug-likeness (QED) is 0.885. The monoisotopic (exact) mass is 248 g/mol. The van der Waals surface area contributed by atoms with Gasteiger partial charge in [0, 0.05) is 24.2 Å². The number of ether oxygens (including phenoxy) is 1. The molecule has 1 aromatic carbocycles. The van der Waals surface area contributed by atoms with Crippen LogP contribution in [0.2, 0.25) is 0 Å². The lowest BCUT2D eigenvalue weighted by Crippen LogP contribution is -2.45. The molecule has 1 N–H and O–H groups in total. The van der Waals surface area contributed by atoms with Gasteiger partial charge in [-0.3, -0.25) is 4.90 Å². The molecule has 1 aromatic rings. The van der Waals surface area contributed by atoms with Crippen LogP contribution in [0.4, 0.5) is 0 Å². The number of para-hydroxylation sites is 1. The number of nitrogens with zero attached hydrogens (tertiary/aromatic N) is 1. The number of methoxy groups -OCH3 is 1. The lowest BCUT2D eigenvalue weighted by Gasteiger charge is -2.37. The van der Waals surface area contributed by atoms with E-state index in [-0.39, 0.29) is 0 Å². The van der Waals surface area contributed by atoms with Crippen LogP contribution >= 0.6 is 0 Å². The summed E-state index contributed by atoms with van der Waals surface area (Å²) < 4.78 is 5.47. The Morgan fingerprint density at radius 3 is 2.89 bits per heavy atom. The smallest absolute Gasteiger partial charge is 0.123 e. The third-order valence-corrected chi connectivity index (χ3v) is 4.00. The normalized spacial score (nSPS) is 22.7. The van der Waals surface area contributed by atoms with Crippen LogP contribution in [0.15, 0.2) is 24.3 Å². The van der Waals surface area contributed by atoms with Gasteiger partial charge in [-0.1, -0.05) is 18.2 Å². The van der Waals surface area contributed by atoms with Crippen molar-refractivity contribution in [3.8, 4) is 5.75 Å². The van der Waals surface area contributed by atoms with Crippen LogP contribution in [0.1, 0.15) is 31.4 Å². The molecule has 2 rings (SSSR count). The van der Waals surface area contributed by atoms with E-state index < -0.39 is 0 Å². The molecule has 0 aliphatic carbocycles. The molecule has 0 amide bonds. The van der Waals surface area contributed by atoms with Gasteiger partial charge in [0.05, 0.1) is 7.11 Å². The standard InChI is InChI=1S/C15H24N2O/c1-12(14-8-4-5-9-15(14)18-3)17-10-6-7-13(11-17)16-2/h4-5,8-9,12-13,16H,6-7,10-11H2,1-3H3. The van der Waals surface area contributed by atoms with E-state index in [9.17, 15) is 0 Å². The summed E-state index contributed by atoms with van der Waals surface area (Å²) in [5.41, 5.74) is 1.29. The van der Waals surface area contributed by atoms with Crippen LogP contribution < -0.4 is 10.1 Å². The second-order valence-electron chi connectivity index (χ2n) is 5.04. The number of hydrogen-bond donors (Lipinski definition) is 1. The molecule has 0 radical (unpaired) electrons. The Labute approximate surface area is 110 Å². The minimum atomic E-state index is 0.414. The predicted molar refractivity (Wildman–Crippen MR) is 75.1 cm³/mol. The van der Waals surface area contributed by atoms with Gasteiger partial charge in [0.2, 0.25) is 0 Å². The van der Waals surface area contributed by atoms with Gasteiger partial charge in [-0.25, -0.2) is 0 Å². The van der Waals surface area contributed by atoms with Crippen molar-refractivity contribution in [2.24, 2.45) is 0 Å². The molecule has 2 atom stereocenters. The van der Waals surface area contributed by atoms with E-state index in [0.717, 1.165) is 12.3 Å². The van der Waals surface area contributed by atoms with Crippen LogP contribution in [0.3, 0.4) is 0 Å². The van der Waals surface area contributed by atoms with E-state index in [1.165, 1.54) is 24.9 Å². The molecule has 0 bridgehead atoms. The highest BCUT2D eigenvalue weighted by Gasteiger charge is 2.24. The molecule has 1 heterocycles. The summed E-state index contributed by atoms with van der Waals surface area (Å²) >= 11 is 0. The van der Waals surface area contributed by atoms with Gasteiger partial charge in [-0.15, -0.1) is 0 Å². The fraction of sp³-hybridized carbons (Fsp3) is 0.600. The van der Waals surface area contributed by atoms with Gasteiger partial charge >= 0.3 is 0 Å². The van der Waals surface area contributed by atoms with Crippen molar-refractivity contribution in [1.82, 2.24) is 10.2 Å². The molecule has 0 saturated carbocycles. The van der Waals surface area contributed by atoms with Crippen LogP contribution in [0.5, 0.6) is 5.75 Å². The number of piperidine rings is 1. The Kier molecular flexibility index (Phi) is 4.61. The third kappa shape index (κ3) is 2.85. The van der Waals surface area contributed by atoms with Crippen molar-refractivity contribution in [2.75, 3.05) is 27.2 Å². The van der Waals surface area contributed by atoms with E-state index in [4.69, 9.17) is 4.74 Å². The maximum Gasteiger partial charge on any atom is 0.123 e.